The van der Waals surface area contributed by atoms with E-state index < -0.39 is 0 Å². The van der Waals surface area contributed by atoms with Crippen LogP contribution in [0.4, 0.5) is 0 Å². The lowest BCUT2D eigenvalue weighted by Crippen LogP contribution is -2.48. The van der Waals surface area contributed by atoms with Crippen LogP contribution < -0.4 is 5.73 Å². The fraction of sp³-hybridized carbons (Fsp3) is 0.545. The molecule has 1 aromatic rings. The highest BCUT2D eigenvalue weighted by atomic mass is 32.1. The van der Waals surface area contributed by atoms with Gasteiger partial charge in [-0.2, -0.15) is 0 Å². The molecule has 0 atom stereocenters. The first-order chi connectivity index (χ1) is 8.65. The second kappa shape index (κ2) is 5.45. The van der Waals surface area contributed by atoms with Gasteiger partial charge in [0.25, 0.3) is 5.91 Å². The molecule has 0 spiro atoms. The summed E-state index contributed by atoms with van der Waals surface area (Å²) in [5.41, 5.74) is 6.26. The van der Waals surface area contributed by atoms with Gasteiger partial charge < -0.3 is 15.5 Å². The number of hydrogen-bond donors (Lipinski definition) is 1. The molecule has 1 saturated heterocycles. The van der Waals surface area contributed by atoms with Gasteiger partial charge in [-0.15, -0.1) is 11.3 Å². The second-order valence-electron chi connectivity index (χ2n) is 4.16. The van der Waals surface area contributed by atoms with Crippen molar-refractivity contribution < 1.29 is 9.59 Å². The van der Waals surface area contributed by atoms with Gasteiger partial charge in [0, 0.05) is 32.7 Å². The van der Waals surface area contributed by atoms with Crippen LogP contribution in [-0.2, 0) is 11.3 Å². The van der Waals surface area contributed by atoms with Crippen molar-refractivity contribution in [1.82, 2.24) is 14.8 Å². The minimum Gasteiger partial charge on any atom is -0.342 e. The summed E-state index contributed by atoms with van der Waals surface area (Å²) in [7, 11) is 0. The Bertz CT molecular complexity index is 452. The number of thiazole rings is 1. The predicted octanol–water partition coefficient (Wildman–Crippen LogP) is -0.176. The smallest absolute Gasteiger partial charge is 0.265 e. The highest BCUT2D eigenvalue weighted by Crippen LogP contribution is 2.20. The van der Waals surface area contributed by atoms with Gasteiger partial charge >= 0.3 is 0 Å². The monoisotopic (exact) mass is 268 g/mol. The normalized spacial score (nSPS) is 15.9. The van der Waals surface area contributed by atoms with Crippen LogP contribution in [0.2, 0.25) is 0 Å². The average molecular weight is 268 g/mol. The molecule has 18 heavy (non-hydrogen) atoms. The summed E-state index contributed by atoms with van der Waals surface area (Å²) in [6, 6.07) is 0. The van der Waals surface area contributed by atoms with Gasteiger partial charge in [0.15, 0.2) is 0 Å². The number of carbonyl (C=O) groups excluding carboxylic acids is 2. The Morgan fingerprint density at radius 3 is 2.61 bits per heavy atom. The Hall–Kier alpha value is -1.47. The fourth-order valence-corrected chi connectivity index (χ4v) is 2.82. The van der Waals surface area contributed by atoms with E-state index in [1.54, 1.807) is 9.80 Å². The summed E-state index contributed by atoms with van der Waals surface area (Å²) < 4.78 is 0. The molecule has 1 aliphatic rings. The zero-order valence-electron chi connectivity index (χ0n) is 10.3. The highest BCUT2D eigenvalue weighted by molar-refractivity contribution is 7.13. The van der Waals surface area contributed by atoms with E-state index in [9.17, 15) is 9.59 Å². The summed E-state index contributed by atoms with van der Waals surface area (Å²) >= 11 is 1.36. The number of nitrogens with two attached hydrogens (primary N) is 1. The van der Waals surface area contributed by atoms with E-state index in [-0.39, 0.29) is 5.91 Å². The number of hydrogen-bond acceptors (Lipinski definition) is 5. The first-order valence-electron chi connectivity index (χ1n) is 5.80. The number of aryl methyl sites for hydroxylation is 1. The van der Waals surface area contributed by atoms with Crippen LogP contribution in [0.3, 0.4) is 0 Å². The molecule has 2 rings (SSSR count). The number of carbonyl (C=O) groups is 2. The van der Waals surface area contributed by atoms with E-state index in [2.05, 4.69) is 4.98 Å². The number of aromatic nitrogens is 1. The number of amides is 2. The number of piperazine rings is 1. The maximum absolute atomic E-state index is 12.3. The second-order valence-corrected chi connectivity index (χ2v) is 5.24. The standard InChI is InChI=1S/C11H16N4O2S/c1-8-10(18-9(6-12)13-8)11(17)15-4-2-14(7-16)3-5-15/h7H,2-6,12H2,1H3. The van der Waals surface area contributed by atoms with Crippen LogP contribution in [0.15, 0.2) is 0 Å². The number of rotatable bonds is 3. The molecule has 0 aliphatic carbocycles. The Balaban J connectivity index is 2.07. The van der Waals surface area contributed by atoms with Crippen LogP contribution in [0.5, 0.6) is 0 Å². The molecule has 1 aliphatic heterocycles. The molecule has 2 N–H and O–H groups in total. The van der Waals surface area contributed by atoms with E-state index in [1.165, 1.54) is 11.3 Å². The fourth-order valence-electron chi connectivity index (χ4n) is 1.91. The summed E-state index contributed by atoms with van der Waals surface area (Å²) in [4.78, 5) is 31.3. The Morgan fingerprint density at radius 1 is 1.44 bits per heavy atom. The van der Waals surface area contributed by atoms with Crippen molar-refractivity contribution in [1.29, 1.82) is 0 Å². The van der Waals surface area contributed by atoms with Crippen LogP contribution in [-0.4, -0.2) is 53.3 Å². The lowest BCUT2D eigenvalue weighted by atomic mass is 10.3. The topological polar surface area (TPSA) is 79.5 Å². The van der Waals surface area contributed by atoms with Gasteiger partial charge in [-0.3, -0.25) is 9.59 Å². The van der Waals surface area contributed by atoms with Gasteiger partial charge in [-0.05, 0) is 6.92 Å². The van der Waals surface area contributed by atoms with E-state index in [0.29, 0.717) is 37.6 Å². The van der Waals surface area contributed by atoms with Gasteiger partial charge in [-0.1, -0.05) is 0 Å². The molecular weight excluding hydrogens is 252 g/mol. The van der Waals surface area contributed by atoms with E-state index in [1.807, 2.05) is 6.92 Å². The van der Waals surface area contributed by atoms with Crippen LogP contribution in [0.1, 0.15) is 20.4 Å². The third-order valence-corrected chi connectivity index (χ3v) is 4.13. The van der Waals surface area contributed by atoms with Gasteiger partial charge in [0.2, 0.25) is 6.41 Å². The van der Waals surface area contributed by atoms with Crippen molar-refractivity contribution in [3.8, 4) is 0 Å². The first-order valence-corrected chi connectivity index (χ1v) is 6.62. The average Bonchev–Trinajstić information content (AvgIpc) is 2.79. The molecule has 98 valence electrons. The first kappa shape index (κ1) is 13.0. The molecule has 0 saturated carbocycles. The highest BCUT2D eigenvalue weighted by Gasteiger charge is 2.24. The third-order valence-electron chi connectivity index (χ3n) is 2.96. The molecule has 2 amide bonds. The lowest BCUT2D eigenvalue weighted by Gasteiger charge is -2.32. The lowest BCUT2D eigenvalue weighted by molar-refractivity contribution is -0.119. The van der Waals surface area contributed by atoms with Crippen molar-refractivity contribution in [3.05, 3.63) is 15.6 Å². The van der Waals surface area contributed by atoms with Crippen LogP contribution >= 0.6 is 11.3 Å². The molecular formula is C11H16N4O2S. The SMILES string of the molecule is Cc1nc(CN)sc1C(=O)N1CCN(C=O)CC1. The molecule has 6 nitrogen and oxygen atoms in total. The van der Waals surface area contributed by atoms with E-state index in [0.717, 1.165) is 17.1 Å². The maximum atomic E-state index is 12.3. The third kappa shape index (κ3) is 2.51. The molecule has 0 unspecified atom stereocenters. The molecule has 2 heterocycles. The Kier molecular flexibility index (Phi) is 3.93. The van der Waals surface area contributed by atoms with Crippen LogP contribution in [0, 0.1) is 6.92 Å². The van der Waals surface area contributed by atoms with Crippen molar-refractivity contribution in [2.75, 3.05) is 26.2 Å². The Morgan fingerprint density at radius 2 is 2.11 bits per heavy atom. The predicted molar refractivity (Wildman–Crippen MR) is 68.3 cm³/mol. The molecule has 1 aromatic heterocycles. The molecule has 7 heteroatoms. The van der Waals surface area contributed by atoms with E-state index in [4.69, 9.17) is 5.73 Å². The van der Waals surface area contributed by atoms with E-state index >= 15 is 0 Å². The van der Waals surface area contributed by atoms with Crippen molar-refractivity contribution >= 4 is 23.7 Å². The maximum Gasteiger partial charge on any atom is 0.265 e. The summed E-state index contributed by atoms with van der Waals surface area (Å²) in [6.45, 7) is 4.52. The summed E-state index contributed by atoms with van der Waals surface area (Å²) in [5.74, 6) is -0.00440. The quantitative estimate of drug-likeness (QED) is 0.772. The minimum atomic E-state index is -0.00440. The zero-order valence-corrected chi connectivity index (χ0v) is 11.1. The van der Waals surface area contributed by atoms with Crippen molar-refractivity contribution in [2.45, 2.75) is 13.5 Å². The number of nitrogens with zero attached hydrogens (tertiary/aromatic N) is 3. The molecule has 0 aromatic carbocycles. The Labute approximate surface area is 109 Å². The largest absolute Gasteiger partial charge is 0.342 e. The van der Waals surface area contributed by atoms with Gasteiger partial charge in [-0.25, -0.2) is 4.98 Å². The van der Waals surface area contributed by atoms with Crippen molar-refractivity contribution in [3.63, 3.8) is 0 Å². The van der Waals surface area contributed by atoms with Gasteiger partial charge in [0.1, 0.15) is 9.88 Å². The molecule has 1 fully saturated rings. The van der Waals surface area contributed by atoms with Gasteiger partial charge in [0.05, 0.1) is 5.69 Å². The van der Waals surface area contributed by atoms with Crippen LogP contribution in [0.25, 0.3) is 0 Å². The zero-order chi connectivity index (χ0) is 13.1. The summed E-state index contributed by atoms with van der Waals surface area (Å²) in [5, 5.41) is 0.780. The molecule has 0 bridgehead atoms. The summed E-state index contributed by atoms with van der Waals surface area (Å²) in [6.07, 6.45) is 0.826. The minimum absolute atomic E-state index is 0.00440. The molecule has 0 radical (unpaired) electrons. The van der Waals surface area contributed by atoms with Crippen molar-refractivity contribution in [2.24, 2.45) is 5.73 Å².